The molecule has 0 aliphatic carbocycles. The van der Waals surface area contributed by atoms with E-state index in [4.69, 9.17) is 16.3 Å². The molecule has 0 saturated carbocycles. The van der Waals surface area contributed by atoms with Gasteiger partial charge in [-0.1, -0.05) is 22.9 Å². The van der Waals surface area contributed by atoms with Gasteiger partial charge in [-0.2, -0.15) is 5.10 Å². The number of aromatic nitrogens is 4. The molecule has 0 unspecified atom stereocenters. The topological polar surface area (TPSA) is 99.0 Å². The predicted octanol–water partition coefficient (Wildman–Crippen LogP) is 1.03. The molecule has 1 amide bonds. The fraction of sp³-hybridized carbons (Fsp3) is 0.300. The summed E-state index contributed by atoms with van der Waals surface area (Å²) in [6.07, 6.45) is 1.46. The number of ether oxygens (including phenoxy) is 1. The predicted molar refractivity (Wildman–Crippen MR) is 71.8 cm³/mol. The van der Waals surface area contributed by atoms with E-state index in [2.05, 4.69) is 20.6 Å². The van der Waals surface area contributed by atoms with E-state index in [0.717, 1.165) is 5.01 Å². The lowest BCUT2D eigenvalue weighted by atomic mass is 10.4. The van der Waals surface area contributed by atoms with Crippen molar-refractivity contribution in [3.05, 3.63) is 21.9 Å². The maximum Gasteiger partial charge on any atom is 0.360 e. The molecular formula is C10H10ClN5O3S. The van der Waals surface area contributed by atoms with Crippen LogP contribution >= 0.6 is 22.9 Å². The van der Waals surface area contributed by atoms with Gasteiger partial charge in [0.2, 0.25) is 5.13 Å². The highest BCUT2D eigenvalue weighted by molar-refractivity contribution is 7.15. The molecule has 2 aromatic rings. The smallest absolute Gasteiger partial charge is 0.360 e. The summed E-state index contributed by atoms with van der Waals surface area (Å²) in [4.78, 5) is 23.2. The molecule has 10 heteroatoms. The highest BCUT2D eigenvalue weighted by Gasteiger charge is 2.18. The van der Waals surface area contributed by atoms with Crippen molar-refractivity contribution in [2.75, 3.05) is 11.9 Å². The Hall–Kier alpha value is -2.00. The zero-order valence-corrected chi connectivity index (χ0v) is 12.2. The summed E-state index contributed by atoms with van der Waals surface area (Å²) >= 11 is 7.01. The number of amides is 1. The van der Waals surface area contributed by atoms with Crippen molar-refractivity contribution >= 4 is 39.9 Å². The normalized spacial score (nSPS) is 10.3. The van der Waals surface area contributed by atoms with Gasteiger partial charge in [0.25, 0.3) is 5.91 Å². The van der Waals surface area contributed by atoms with Gasteiger partial charge in [-0.25, -0.2) is 4.79 Å². The lowest BCUT2D eigenvalue weighted by Crippen LogP contribution is -2.21. The van der Waals surface area contributed by atoms with Gasteiger partial charge < -0.3 is 4.74 Å². The maximum atomic E-state index is 11.7. The van der Waals surface area contributed by atoms with Crippen LogP contribution in [0.5, 0.6) is 0 Å². The van der Waals surface area contributed by atoms with E-state index in [-0.39, 0.29) is 10.7 Å². The second kappa shape index (κ2) is 5.97. The van der Waals surface area contributed by atoms with E-state index in [9.17, 15) is 9.59 Å². The van der Waals surface area contributed by atoms with Crippen molar-refractivity contribution in [1.29, 1.82) is 0 Å². The number of hydrogen-bond acceptors (Lipinski definition) is 7. The number of halogens is 1. The molecule has 0 bridgehead atoms. The van der Waals surface area contributed by atoms with E-state index >= 15 is 0 Å². The molecule has 0 saturated heterocycles. The number of anilines is 1. The second-order valence-corrected chi connectivity index (χ2v) is 5.34. The highest BCUT2D eigenvalue weighted by atomic mass is 35.5. The van der Waals surface area contributed by atoms with Crippen molar-refractivity contribution in [3.8, 4) is 0 Å². The van der Waals surface area contributed by atoms with Gasteiger partial charge in [0.15, 0.2) is 12.3 Å². The number of rotatable bonds is 4. The molecule has 106 valence electrons. The van der Waals surface area contributed by atoms with Crippen LogP contribution in [0, 0.1) is 6.92 Å². The van der Waals surface area contributed by atoms with Crippen molar-refractivity contribution in [2.24, 2.45) is 7.05 Å². The summed E-state index contributed by atoms with van der Waals surface area (Å²) in [7, 11) is 1.62. The van der Waals surface area contributed by atoms with E-state index in [1.54, 1.807) is 14.0 Å². The first-order chi connectivity index (χ1) is 9.45. The Labute approximate surface area is 122 Å². The van der Waals surface area contributed by atoms with Crippen LogP contribution in [0.25, 0.3) is 0 Å². The van der Waals surface area contributed by atoms with Crippen LogP contribution < -0.4 is 5.32 Å². The third-order valence-corrected chi connectivity index (χ3v) is 3.11. The SMILES string of the molecule is Cc1nnc(NC(=O)COC(=O)c2nn(C)cc2Cl)s1. The average molecular weight is 316 g/mol. The van der Waals surface area contributed by atoms with Crippen molar-refractivity contribution in [1.82, 2.24) is 20.0 Å². The van der Waals surface area contributed by atoms with Crippen molar-refractivity contribution < 1.29 is 14.3 Å². The van der Waals surface area contributed by atoms with Gasteiger partial charge in [-0.15, -0.1) is 10.2 Å². The number of nitrogens with zero attached hydrogens (tertiary/aromatic N) is 4. The van der Waals surface area contributed by atoms with Gasteiger partial charge in [-0.05, 0) is 6.92 Å². The number of esters is 1. The van der Waals surface area contributed by atoms with E-state index in [0.29, 0.717) is 5.13 Å². The Morgan fingerprint density at radius 2 is 2.25 bits per heavy atom. The van der Waals surface area contributed by atoms with Crippen LogP contribution in [0.1, 0.15) is 15.5 Å². The van der Waals surface area contributed by atoms with Gasteiger partial charge in [0.1, 0.15) is 5.01 Å². The summed E-state index contributed by atoms with van der Waals surface area (Å²) in [6.45, 7) is 1.31. The Morgan fingerprint density at radius 3 is 2.80 bits per heavy atom. The van der Waals surface area contributed by atoms with Crippen LogP contribution in [-0.2, 0) is 16.6 Å². The third-order valence-electron chi connectivity index (χ3n) is 2.08. The number of nitrogens with one attached hydrogen (secondary N) is 1. The molecule has 8 nitrogen and oxygen atoms in total. The molecule has 2 rings (SSSR count). The summed E-state index contributed by atoms with van der Waals surface area (Å²) in [5.41, 5.74) is -0.0336. The third kappa shape index (κ3) is 3.52. The Morgan fingerprint density at radius 1 is 1.50 bits per heavy atom. The molecular weight excluding hydrogens is 306 g/mol. The summed E-state index contributed by atoms with van der Waals surface area (Å²) in [5.74, 6) is -1.28. The summed E-state index contributed by atoms with van der Waals surface area (Å²) in [5, 5.41) is 15.0. The van der Waals surface area contributed by atoms with E-state index < -0.39 is 18.5 Å². The molecule has 2 heterocycles. The fourth-order valence-corrected chi connectivity index (χ4v) is 2.16. The Bertz CT molecular complexity index is 653. The number of aryl methyl sites for hydroxylation is 2. The largest absolute Gasteiger partial charge is 0.451 e. The lowest BCUT2D eigenvalue weighted by molar-refractivity contribution is -0.119. The summed E-state index contributed by atoms with van der Waals surface area (Å²) < 4.78 is 6.19. The fourth-order valence-electron chi connectivity index (χ4n) is 1.30. The van der Waals surface area contributed by atoms with Gasteiger partial charge in [0, 0.05) is 13.2 Å². The van der Waals surface area contributed by atoms with Gasteiger partial charge in [0.05, 0.1) is 5.02 Å². The molecule has 20 heavy (non-hydrogen) atoms. The molecule has 2 aromatic heterocycles. The van der Waals surface area contributed by atoms with Crippen LogP contribution in [0.3, 0.4) is 0 Å². The number of hydrogen-bond donors (Lipinski definition) is 1. The molecule has 0 aliphatic heterocycles. The van der Waals surface area contributed by atoms with E-state index in [1.165, 1.54) is 22.2 Å². The minimum absolute atomic E-state index is 0.0336. The first-order valence-electron chi connectivity index (χ1n) is 5.42. The molecule has 1 N–H and O–H groups in total. The zero-order valence-electron chi connectivity index (χ0n) is 10.6. The molecule has 0 atom stereocenters. The van der Waals surface area contributed by atoms with Gasteiger partial charge in [-0.3, -0.25) is 14.8 Å². The van der Waals surface area contributed by atoms with Crippen LogP contribution in [0.4, 0.5) is 5.13 Å². The Balaban J connectivity index is 1.87. The summed E-state index contributed by atoms with van der Waals surface area (Å²) in [6, 6.07) is 0. The number of carbonyl (C=O) groups is 2. The van der Waals surface area contributed by atoms with E-state index in [1.807, 2.05) is 0 Å². The first-order valence-corrected chi connectivity index (χ1v) is 6.61. The van der Waals surface area contributed by atoms with Crippen molar-refractivity contribution in [2.45, 2.75) is 6.92 Å². The quantitative estimate of drug-likeness (QED) is 0.846. The lowest BCUT2D eigenvalue weighted by Gasteiger charge is -2.02. The second-order valence-electron chi connectivity index (χ2n) is 3.75. The zero-order chi connectivity index (χ0) is 14.7. The maximum absolute atomic E-state index is 11.7. The molecule has 0 radical (unpaired) electrons. The highest BCUT2D eigenvalue weighted by Crippen LogP contribution is 2.15. The van der Waals surface area contributed by atoms with Gasteiger partial charge >= 0.3 is 5.97 Å². The van der Waals surface area contributed by atoms with Crippen LogP contribution in [-0.4, -0.2) is 38.5 Å². The minimum Gasteiger partial charge on any atom is -0.451 e. The molecule has 0 aromatic carbocycles. The Kier molecular flexibility index (Phi) is 4.30. The standard InChI is InChI=1S/C10H10ClN5O3S/c1-5-13-14-10(20-5)12-7(17)4-19-9(18)8-6(11)3-16(2)15-8/h3H,4H2,1-2H3,(H,12,14,17). The monoisotopic (exact) mass is 315 g/mol. The molecule has 0 spiro atoms. The van der Waals surface area contributed by atoms with Crippen LogP contribution in [0.15, 0.2) is 6.20 Å². The van der Waals surface area contributed by atoms with Crippen molar-refractivity contribution in [3.63, 3.8) is 0 Å². The molecule has 0 aliphatic rings. The first kappa shape index (κ1) is 14.4. The van der Waals surface area contributed by atoms with Crippen LogP contribution in [0.2, 0.25) is 5.02 Å². The average Bonchev–Trinajstić information content (AvgIpc) is 2.92. The minimum atomic E-state index is -0.765. The molecule has 0 fully saturated rings. The number of carbonyl (C=O) groups excluding carboxylic acids is 2.